The van der Waals surface area contributed by atoms with Crippen molar-refractivity contribution in [1.29, 1.82) is 0 Å². The van der Waals surface area contributed by atoms with Crippen molar-refractivity contribution in [2.75, 3.05) is 6.54 Å². The van der Waals surface area contributed by atoms with Crippen LogP contribution in [0.15, 0.2) is 35.2 Å². The average Bonchev–Trinajstić information content (AvgIpc) is 2.67. The van der Waals surface area contributed by atoms with Gasteiger partial charge < -0.3 is 5.73 Å². The first-order valence-electron chi connectivity index (χ1n) is 6.16. The zero-order valence-corrected chi connectivity index (χ0v) is 12.4. The lowest BCUT2D eigenvalue weighted by Crippen LogP contribution is -2.28. The summed E-state index contributed by atoms with van der Waals surface area (Å²) in [5.41, 5.74) is 6.09. The molecule has 20 heavy (non-hydrogen) atoms. The second-order valence-corrected chi connectivity index (χ2v) is 5.69. The maximum Gasteiger partial charge on any atom is 0.291 e. The van der Waals surface area contributed by atoms with E-state index >= 15 is 0 Å². The molecule has 0 radical (unpaired) electrons. The zero-order valence-electron chi connectivity index (χ0n) is 10.7. The van der Waals surface area contributed by atoms with Crippen LogP contribution in [-0.2, 0) is 4.79 Å². The smallest absolute Gasteiger partial charge is 0.291 e. The van der Waals surface area contributed by atoms with E-state index in [-0.39, 0.29) is 17.6 Å². The molecule has 1 aromatic rings. The number of hydrogen-bond donors (Lipinski definition) is 1. The zero-order chi connectivity index (χ0) is 14.5. The van der Waals surface area contributed by atoms with E-state index in [9.17, 15) is 9.59 Å². The van der Waals surface area contributed by atoms with E-state index in [2.05, 4.69) is 0 Å². The standard InChI is InChI=1S/C14H14N2O2S2/c15-12(17)7-4-8-16-13(19)11(20-14(16)18)9-10-5-2-1-3-6-10/h1-3,5-6,9H,4,7-8H2,(H2,15,17)/b11-9+. The number of carbonyl (C=O) groups is 2. The van der Waals surface area contributed by atoms with Crippen LogP contribution in [0, 0.1) is 0 Å². The summed E-state index contributed by atoms with van der Waals surface area (Å²) in [5, 5.41) is -0.0957. The van der Waals surface area contributed by atoms with Gasteiger partial charge in [0.25, 0.3) is 5.24 Å². The number of amides is 2. The minimum absolute atomic E-state index is 0.0957. The summed E-state index contributed by atoms with van der Waals surface area (Å²) in [5.74, 6) is -0.365. The predicted octanol–water partition coefficient (Wildman–Crippen LogP) is 2.79. The molecule has 104 valence electrons. The second kappa shape index (κ2) is 6.67. The van der Waals surface area contributed by atoms with Gasteiger partial charge in [-0.25, -0.2) is 0 Å². The molecule has 0 aliphatic carbocycles. The van der Waals surface area contributed by atoms with Crippen LogP contribution < -0.4 is 5.73 Å². The van der Waals surface area contributed by atoms with E-state index < -0.39 is 0 Å². The minimum atomic E-state index is -0.365. The van der Waals surface area contributed by atoms with Gasteiger partial charge in [0, 0.05) is 13.0 Å². The molecule has 0 bridgehead atoms. The summed E-state index contributed by atoms with van der Waals surface area (Å²) in [6.45, 7) is 0.430. The number of benzene rings is 1. The Morgan fingerprint density at radius 2 is 2.05 bits per heavy atom. The molecule has 0 spiro atoms. The molecular formula is C14H14N2O2S2. The Balaban J connectivity index is 2.05. The Morgan fingerprint density at radius 3 is 2.70 bits per heavy atom. The Kier molecular flexibility index (Phi) is 4.92. The molecule has 1 saturated heterocycles. The van der Waals surface area contributed by atoms with Gasteiger partial charge in [-0.3, -0.25) is 14.5 Å². The van der Waals surface area contributed by atoms with E-state index in [0.717, 1.165) is 22.2 Å². The normalized spacial score (nSPS) is 17.0. The number of rotatable bonds is 5. The maximum absolute atomic E-state index is 11.9. The second-order valence-electron chi connectivity index (χ2n) is 4.31. The van der Waals surface area contributed by atoms with Gasteiger partial charge in [-0.15, -0.1) is 0 Å². The first kappa shape index (κ1) is 14.7. The van der Waals surface area contributed by atoms with E-state index in [1.807, 2.05) is 36.4 Å². The molecule has 0 aromatic heterocycles. The number of thioether (sulfide) groups is 1. The number of hydrogen-bond acceptors (Lipinski definition) is 4. The van der Waals surface area contributed by atoms with Crippen LogP contribution in [0.5, 0.6) is 0 Å². The van der Waals surface area contributed by atoms with Gasteiger partial charge in [0.2, 0.25) is 5.91 Å². The summed E-state index contributed by atoms with van der Waals surface area (Å²) < 4.78 is 0. The molecule has 0 saturated carbocycles. The summed E-state index contributed by atoms with van der Waals surface area (Å²) >= 11 is 6.44. The number of primary amides is 1. The average molecular weight is 306 g/mol. The first-order chi connectivity index (χ1) is 9.58. The summed E-state index contributed by atoms with van der Waals surface area (Å²) in [4.78, 5) is 25.4. The van der Waals surface area contributed by atoms with Crippen molar-refractivity contribution in [2.24, 2.45) is 5.73 Å². The lowest BCUT2D eigenvalue weighted by atomic mass is 10.2. The monoisotopic (exact) mass is 306 g/mol. The molecule has 2 amide bonds. The molecule has 1 fully saturated rings. The predicted molar refractivity (Wildman–Crippen MR) is 85.1 cm³/mol. The lowest BCUT2D eigenvalue weighted by Gasteiger charge is -2.13. The van der Waals surface area contributed by atoms with Crippen molar-refractivity contribution >= 4 is 46.2 Å². The third kappa shape index (κ3) is 3.68. The first-order valence-corrected chi connectivity index (χ1v) is 7.39. The molecule has 2 rings (SSSR count). The lowest BCUT2D eigenvalue weighted by molar-refractivity contribution is -0.118. The van der Waals surface area contributed by atoms with Crippen LogP contribution in [0.25, 0.3) is 6.08 Å². The van der Waals surface area contributed by atoms with Crippen molar-refractivity contribution < 1.29 is 9.59 Å². The molecule has 1 aromatic carbocycles. The maximum atomic E-state index is 11.9. The van der Waals surface area contributed by atoms with Crippen LogP contribution in [0.2, 0.25) is 0 Å². The largest absolute Gasteiger partial charge is 0.370 e. The number of nitrogens with two attached hydrogens (primary N) is 1. The van der Waals surface area contributed by atoms with Crippen LogP contribution >= 0.6 is 24.0 Å². The van der Waals surface area contributed by atoms with Gasteiger partial charge in [0.1, 0.15) is 4.99 Å². The van der Waals surface area contributed by atoms with Crippen LogP contribution in [0.4, 0.5) is 4.79 Å². The minimum Gasteiger partial charge on any atom is -0.370 e. The highest BCUT2D eigenvalue weighted by molar-refractivity contribution is 8.19. The topological polar surface area (TPSA) is 63.4 Å². The van der Waals surface area contributed by atoms with Gasteiger partial charge in [-0.1, -0.05) is 42.5 Å². The fourth-order valence-electron chi connectivity index (χ4n) is 1.80. The van der Waals surface area contributed by atoms with Crippen molar-refractivity contribution in [1.82, 2.24) is 4.90 Å². The van der Waals surface area contributed by atoms with Gasteiger partial charge in [0.05, 0.1) is 4.91 Å². The fourth-order valence-corrected chi connectivity index (χ4v) is 3.09. The summed E-state index contributed by atoms with van der Waals surface area (Å²) in [7, 11) is 0. The van der Waals surface area contributed by atoms with Crippen molar-refractivity contribution in [3.63, 3.8) is 0 Å². The highest BCUT2D eigenvalue weighted by atomic mass is 32.2. The summed E-state index contributed by atoms with van der Waals surface area (Å²) in [6.07, 6.45) is 2.69. The third-order valence-electron chi connectivity index (χ3n) is 2.78. The highest BCUT2D eigenvalue weighted by Gasteiger charge is 2.31. The van der Waals surface area contributed by atoms with Crippen molar-refractivity contribution in [3.05, 3.63) is 40.8 Å². The third-order valence-corrected chi connectivity index (χ3v) is 4.27. The van der Waals surface area contributed by atoms with Gasteiger partial charge in [-0.2, -0.15) is 0 Å². The molecule has 4 nitrogen and oxygen atoms in total. The van der Waals surface area contributed by atoms with Crippen molar-refractivity contribution in [2.45, 2.75) is 12.8 Å². The van der Waals surface area contributed by atoms with Crippen molar-refractivity contribution in [3.8, 4) is 0 Å². The Hall–Kier alpha value is -1.66. The number of thiocarbonyl (C=S) groups is 1. The quantitative estimate of drug-likeness (QED) is 0.671. The van der Waals surface area contributed by atoms with E-state index in [4.69, 9.17) is 18.0 Å². The van der Waals surface area contributed by atoms with Crippen LogP contribution in [0.1, 0.15) is 18.4 Å². The van der Waals surface area contributed by atoms with Crippen LogP contribution in [-0.4, -0.2) is 27.6 Å². The Bertz CT molecular complexity index is 570. The SMILES string of the molecule is NC(=O)CCCN1C(=O)S/C(=C/c2ccccc2)C1=S. The van der Waals surface area contributed by atoms with Gasteiger partial charge in [0.15, 0.2) is 0 Å². The van der Waals surface area contributed by atoms with Gasteiger partial charge in [-0.05, 0) is 29.8 Å². The summed E-state index contributed by atoms with van der Waals surface area (Å²) in [6, 6.07) is 9.71. The van der Waals surface area contributed by atoms with Gasteiger partial charge >= 0.3 is 0 Å². The van der Waals surface area contributed by atoms with E-state index in [0.29, 0.717) is 18.0 Å². The molecule has 1 aliphatic heterocycles. The Morgan fingerprint density at radius 1 is 1.35 bits per heavy atom. The number of nitrogens with zero attached hydrogens (tertiary/aromatic N) is 1. The molecule has 1 heterocycles. The van der Waals surface area contributed by atoms with Crippen LogP contribution in [0.3, 0.4) is 0 Å². The number of carbonyl (C=O) groups excluding carboxylic acids is 2. The fraction of sp³-hybridized carbons (Fsp3) is 0.214. The van der Waals surface area contributed by atoms with E-state index in [1.54, 1.807) is 0 Å². The molecule has 6 heteroatoms. The molecule has 0 atom stereocenters. The molecule has 0 unspecified atom stereocenters. The molecule has 2 N–H and O–H groups in total. The van der Waals surface area contributed by atoms with E-state index in [1.165, 1.54) is 4.90 Å². The highest BCUT2D eigenvalue weighted by Crippen LogP contribution is 2.33. The Labute approximate surface area is 127 Å². The molecular weight excluding hydrogens is 292 g/mol. The molecule has 1 aliphatic rings.